The highest BCUT2D eigenvalue weighted by Gasteiger charge is 2.28. The van der Waals surface area contributed by atoms with Crippen molar-refractivity contribution in [3.63, 3.8) is 0 Å². The zero-order chi connectivity index (χ0) is 18.3. The number of aromatic nitrogens is 4. The number of carbonyl (C=O) groups excluding carboxylic acids is 1. The van der Waals surface area contributed by atoms with Gasteiger partial charge in [0.15, 0.2) is 0 Å². The summed E-state index contributed by atoms with van der Waals surface area (Å²) in [4.78, 5) is 30.5. The molecular formula is C18H21N7O. The second kappa shape index (κ2) is 6.06. The summed E-state index contributed by atoms with van der Waals surface area (Å²) in [6.07, 6.45) is 4.96. The van der Waals surface area contributed by atoms with Gasteiger partial charge in [-0.25, -0.2) is 15.0 Å². The van der Waals surface area contributed by atoms with E-state index < -0.39 is 5.91 Å². The number of piperidine rings is 1. The van der Waals surface area contributed by atoms with Gasteiger partial charge in [0.25, 0.3) is 5.91 Å². The minimum atomic E-state index is -0.586. The summed E-state index contributed by atoms with van der Waals surface area (Å²) in [5.74, 6) is -0.0795. The first kappa shape index (κ1) is 16.5. The molecular weight excluding hydrogens is 330 g/mol. The first-order valence-corrected chi connectivity index (χ1v) is 8.58. The van der Waals surface area contributed by atoms with Crippen LogP contribution in [-0.2, 0) is 0 Å². The average molecular weight is 351 g/mol. The average Bonchev–Trinajstić information content (AvgIpc) is 3.10. The summed E-state index contributed by atoms with van der Waals surface area (Å²) in [5, 5.41) is 0. The number of aromatic amines is 1. The molecule has 0 spiro atoms. The Hall–Kier alpha value is -3.00. The standard InChI is InChI=1S/C18H21N7O/c1-18(20)5-7-25(8-6-18)17-21-9-12(15(24-17)16(19)26)11-3-2-4-13-14(11)23-10-22-13/h2-4,9-10H,5-8,20H2,1H3,(H2,19,26)(H,22,23). The highest BCUT2D eigenvalue weighted by Crippen LogP contribution is 2.30. The quantitative estimate of drug-likeness (QED) is 0.655. The molecule has 3 aromatic rings. The maximum absolute atomic E-state index is 12.1. The monoisotopic (exact) mass is 351 g/mol. The van der Waals surface area contributed by atoms with Gasteiger partial charge in [-0.1, -0.05) is 12.1 Å². The van der Waals surface area contributed by atoms with E-state index in [9.17, 15) is 4.79 Å². The molecule has 1 amide bonds. The molecule has 1 aliphatic rings. The van der Waals surface area contributed by atoms with Crippen molar-refractivity contribution in [2.75, 3.05) is 18.0 Å². The minimum Gasteiger partial charge on any atom is -0.364 e. The van der Waals surface area contributed by atoms with Crippen LogP contribution in [0.4, 0.5) is 5.95 Å². The largest absolute Gasteiger partial charge is 0.364 e. The fourth-order valence-electron chi connectivity index (χ4n) is 3.31. The zero-order valence-corrected chi connectivity index (χ0v) is 14.6. The SMILES string of the molecule is CC1(N)CCN(c2ncc(-c3cccc4[nH]cnc34)c(C(N)=O)n2)CC1. The molecule has 8 heteroatoms. The van der Waals surface area contributed by atoms with Crippen LogP contribution in [0.2, 0.25) is 0 Å². The Balaban J connectivity index is 1.75. The zero-order valence-electron chi connectivity index (χ0n) is 14.6. The fourth-order valence-corrected chi connectivity index (χ4v) is 3.31. The van der Waals surface area contributed by atoms with E-state index in [4.69, 9.17) is 11.5 Å². The Labute approximate surface area is 150 Å². The summed E-state index contributed by atoms with van der Waals surface area (Å²) in [6.45, 7) is 3.55. The second-order valence-electron chi connectivity index (χ2n) is 7.04. The number of para-hydroxylation sites is 1. The van der Waals surface area contributed by atoms with Crippen molar-refractivity contribution >= 4 is 22.9 Å². The number of carbonyl (C=O) groups is 1. The van der Waals surface area contributed by atoms with Gasteiger partial charge < -0.3 is 21.4 Å². The molecule has 0 bridgehead atoms. The molecule has 2 aromatic heterocycles. The predicted octanol–water partition coefficient (Wildman–Crippen LogP) is 1.44. The van der Waals surface area contributed by atoms with Crippen molar-refractivity contribution < 1.29 is 4.79 Å². The molecule has 0 unspecified atom stereocenters. The second-order valence-corrected chi connectivity index (χ2v) is 7.04. The topological polar surface area (TPSA) is 127 Å². The number of rotatable bonds is 3. The number of primary amides is 1. The van der Waals surface area contributed by atoms with Gasteiger partial charge in [0, 0.05) is 36.0 Å². The van der Waals surface area contributed by atoms with Crippen LogP contribution in [0.1, 0.15) is 30.3 Å². The van der Waals surface area contributed by atoms with E-state index in [1.165, 1.54) is 0 Å². The maximum Gasteiger partial charge on any atom is 0.268 e. The number of benzene rings is 1. The number of nitrogens with zero attached hydrogens (tertiary/aromatic N) is 4. The van der Waals surface area contributed by atoms with E-state index in [2.05, 4.69) is 19.9 Å². The van der Waals surface area contributed by atoms with Gasteiger partial charge in [-0.15, -0.1) is 0 Å². The Morgan fingerprint density at radius 3 is 2.73 bits per heavy atom. The van der Waals surface area contributed by atoms with Crippen molar-refractivity contribution in [3.8, 4) is 11.1 Å². The number of nitrogens with two attached hydrogens (primary N) is 2. The number of nitrogens with one attached hydrogen (secondary N) is 1. The van der Waals surface area contributed by atoms with Gasteiger partial charge in [0.2, 0.25) is 5.95 Å². The molecule has 0 aliphatic carbocycles. The van der Waals surface area contributed by atoms with Gasteiger partial charge in [-0.3, -0.25) is 4.79 Å². The third-order valence-electron chi connectivity index (χ3n) is 4.94. The lowest BCUT2D eigenvalue weighted by atomic mass is 9.91. The molecule has 5 N–H and O–H groups in total. The van der Waals surface area contributed by atoms with Crippen LogP contribution in [0.3, 0.4) is 0 Å². The molecule has 26 heavy (non-hydrogen) atoms. The molecule has 1 aromatic carbocycles. The first-order valence-electron chi connectivity index (χ1n) is 8.58. The smallest absolute Gasteiger partial charge is 0.268 e. The predicted molar refractivity (Wildman–Crippen MR) is 99.7 cm³/mol. The normalized spacial score (nSPS) is 16.8. The minimum absolute atomic E-state index is 0.168. The Bertz CT molecular complexity index is 969. The van der Waals surface area contributed by atoms with Crippen LogP contribution < -0.4 is 16.4 Å². The Kier molecular flexibility index (Phi) is 3.84. The van der Waals surface area contributed by atoms with E-state index in [-0.39, 0.29) is 11.2 Å². The molecule has 1 saturated heterocycles. The number of imidazole rings is 1. The highest BCUT2D eigenvalue weighted by atomic mass is 16.1. The summed E-state index contributed by atoms with van der Waals surface area (Å²) in [5.41, 5.74) is 14.8. The fraction of sp³-hybridized carbons (Fsp3) is 0.333. The van der Waals surface area contributed by atoms with Crippen molar-refractivity contribution in [1.29, 1.82) is 0 Å². The third kappa shape index (κ3) is 2.88. The van der Waals surface area contributed by atoms with Crippen LogP contribution in [-0.4, -0.2) is 44.5 Å². The molecule has 8 nitrogen and oxygen atoms in total. The Morgan fingerprint density at radius 1 is 1.23 bits per heavy atom. The Morgan fingerprint density at radius 2 is 2.00 bits per heavy atom. The highest BCUT2D eigenvalue weighted by molar-refractivity contribution is 6.02. The summed E-state index contributed by atoms with van der Waals surface area (Å²) in [6, 6.07) is 5.69. The first-order chi connectivity index (χ1) is 12.4. The van der Waals surface area contributed by atoms with E-state index in [0.717, 1.165) is 42.5 Å². The number of fused-ring (bicyclic) bond motifs is 1. The number of hydrogen-bond acceptors (Lipinski definition) is 6. The van der Waals surface area contributed by atoms with Crippen molar-refractivity contribution in [1.82, 2.24) is 19.9 Å². The van der Waals surface area contributed by atoms with Crippen molar-refractivity contribution in [3.05, 3.63) is 36.4 Å². The van der Waals surface area contributed by atoms with Gasteiger partial charge in [-0.05, 0) is 25.8 Å². The summed E-state index contributed by atoms with van der Waals surface area (Å²) >= 11 is 0. The molecule has 0 radical (unpaired) electrons. The van der Waals surface area contributed by atoms with Crippen LogP contribution in [0, 0.1) is 0 Å². The molecule has 1 aliphatic heterocycles. The number of hydrogen-bond donors (Lipinski definition) is 3. The van der Waals surface area contributed by atoms with E-state index in [1.807, 2.05) is 30.0 Å². The lowest BCUT2D eigenvalue weighted by molar-refractivity contribution is 0.0996. The lowest BCUT2D eigenvalue weighted by Crippen LogP contribution is -2.48. The molecule has 134 valence electrons. The summed E-state index contributed by atoms with van der Waals surface area (Å²) < 4.78 is 0. The van der Waals surface area contributed by atoms with Crippen LogP contribution in [0.5, 0.6) is 0 Å². The third-order valence-corrected chi connectivity index (χ3v) is 4.94. The van der Waals surface area contributed by atoms with Crippen LogP contribution in [0.25, 0.3) is 22.2 Å². The molecule has 0 atom stereocenters. The summed E-state index contributed by atoms with van der Waals surface area (Å²) in [7, 11) is 0. The van der Waals surface area contributed by atoms with Gasteiger partial charge in [0.05, 0.1) is 17.4 Å². The van der Waals surface area contributed by atoms with E-state index in [1.54, 1.807) is 12.5 Å². The lowest BCUT2D eigenvalue weighted by Gasteiger charge is -2.36. The molecule has 3 heterocycles. The number of H-pyrrole nitrogens is 1. The molecule has 4 rings (SSSR count). The van der Waals surface area contributed by atoms with Crippen LogP contribution >= 0.6 is 0 Å². The van der Waals surface area contributed by atoms with Crippen molar-refractivity contribution in [2.45, 2.75) is 25.3 Å². The van der Waals surface area contributed by atoms with Gasteiger partial charge in [0.1, 0.15) is 5.69 Å². The maximum atomic E-state index is 12.1. The molecule has 1 fully saturated rings. The number of amides is 1. The van der Waals surface area contributed by atoms with Gasteiger partial charge >= 0.3 is 0 Å². The van der Waals surface area contributed by atoms with Crippen LogP contribution in [0.15, 0.2) is 30.7 Å². The van der Waals surface area contributed by atoms with Crippen molar-refractivity contribution in [2.24, 2.45) is 11.5 Å². The van der Waals surface area contributed by atoms with E-state index in [0.29, 0.717) is 11.5 Å². The number of anilines is 1. The van der Waals surface area contributed by atoms with E-state index >= 15 is 0 Å². The molecule has 0 saturated carbocycles. The van der Waals surface area contributed by atoms with Gasteiger partial charge in [-0.2, -0.15) is 0 Å².